The quantitative estimate of drug-likeness (QED) is 0.929. The summed E-state index contributed by atoms with van der Waals surface area (Å²) in [5.41, 5.74) is 0.529. The fourth-order valence-corrected chi connectivity index (χ4v) is 2.60. The molecule has 1 aromatic rings. The van der Waals surface area contributed by atoms with Gasteiger partial charge >= 0.3 is 0 Å². The lowest BCUT2D eigenvalue weighted by molar-refractivity contribution is 0.0609. The van der Waals surface area contributed by atoms with Crippen molar-refractivity contribution in [1.82, 2.24) is 15.2 Å². The fourth-order valence-electron chi connectivity index (χ4n) is 2.37. The van der Waals surface area contributed by atoms with Crippen LogP contribution in [0.4, 0.5) is 0 Å². The predicted octanol–water partition coefficient (Wildman–Crippen LogP) is 2.06. The van der Waals surface area contributed by atoms with Gasteiger partial charge in [-0.3, -0.25) is 4.79 Å². The highest BCUT2D eigenvalue weighted by Gasteiger charge is 2.27. The second-order valence-corrected chi connectivity index (χ2v) is 5.48. The maximum absolute atomic E-state index is 12.4. The highest BCUT2D eigenvalue weighted by Crippen LogP contribution is 2.19. The first-order chi connectivity index (χ1) is 8.72. The standard InChI is InChI=1S/C13H18BrN3O/c1-15-9-11-4-2-3-7-17(11)13(18)12-6-5-10(14)8-16-12/h5-6,8,11,15H,2-4,7,9H2,1H3. The van der Waals surface area contributed by atoms with Gasteiger partial charge in [-0.05, 0) is 54.4 Å². The molecule has 0 radical (unpaired) electrons. The van der Waals surface area contributed by atoms with Gasteiger partial charge in [-0.25, -0.2) is 4.98 Å². The summed E-state index contributed by atoms with van der Waals surface area (Å²) in [5.74, 6) is 0.0439. The number of amides is 1. The third-order valence-electron chi connectivity index (χ3n) is 3.27. The van der Waals surface area contributed by atoms with E-state index in [1.54, 1.807) is 12.3 Å². The van der Waals surface area contributed by atoms with Crippen molar-refractivity contribution in [2.45, 2.75) is 25.3 Å². The Hall–Kier alpha value is -0.940. The number of likely N-dealkylation sites (N-methyl/N-ethyl adjacent to an activating group) is 1. The maximum atomic E-state index is 12.4. The molecule has 1 aromatic heterocycles. The van der Waals surface area contributed by atoms with Gasteiger partial charge in [0.1, 0.15) is 5.69 Å². The van der Waals surface area contributed by atoms with Crippen molar-refractivity contribution in [3.05, 3.63) is 28.5 Å². The van der Waals surface area contributed by atoms with Crippen molar-refractivity contribution in [3.8, 4) is 0 Å². The number of halogens is 1. The summed E-state index contributed by atoms with van der Waals surface area (Å²) in [6.45, 7) is 1.69. The van der Waals surface area contributed by atoms with E-state index in [1.807, 2.05) is 18.0 Å². The summed E-state index contributed by atoms with van der Waals surface area (Å²) in [6, 6.07) is 3.93. The number of piperidine rings is 1. The number of hydrogen-bond donors (Lipinski definition) is 1. The predicted molar refractivity (Wildman–Crippen MR) is 74.5 cm³/mol. The van der Waals surface area contributed by atoms with Gasteiger partial charge in [0.15, 0.2) is 0 Å². The summed E-state index contributed by atoms with van der Waals surface area (Å²) in [6.07, 6.45) is 5.03. The summed E-state index contributed by atoms with van der Waals surface area (Å²) < 4.78 is 0.893. The SMILES string of the molecule is CNCC1CCCCN1C(=O)c1ccc(Br)cn1. The van der Waals surface area contributed by atoms with Crippen LogP contribution in [0.3, 0.4) is 0 Å². The Morgan fingerprint density at radius 2 is 2.39 bits per heavy atom. The minimum atomic E-state index is 0.0439. The maximum Gasteiger partial charge on any atom is 0.272 e. The second kappa shape index (κ2) is 6.29. The van der Waals surface area contributed by atoms with Crippen molar-refractivity contribution in [1.29, 1.82) is 0 Å². The van der Waals surface area contributed by atoms with Gasteiger partial charge in [0.25, 0.3) is 5.91 Å². The number of likely N-dealkylation sites (tertiary alicyclic amines) is 1. The monoisotopic (exact) mass is 311 g/mol. The van der Waals surface area contributed by atoms with E-state index in [2.05, 4.69) is 26.2 Å². The summed E-state index contributed by atoms with van der Waals surface area (Å²) >= 11 is 3.33. The van der Waals surface area contributed by atoms with Gasteiger partial charge in [-0.2, -0.15) is 0 Å². The van der Waals surface area contributed by atoms with Gasteiger partial charge < -0.3 is 10.2 Å². The molecule has 1 fully saturated rings. The molecule has 2 heterocycles. The number of pyridine rings is 1. The Kier molecular flexibility index (Phi) is 4.72. The molecule has 0 aliphatic carbocycles. The summed E-state index contributed by atoms with van der Waals surface area (Å²) in [7, 11) is 1.93. The normalized spacial score (nSPS) is 19.9. The fraction of sp³-hybridized carbons (Fsp3) is 0.538. The number of rotatable bonds is 3. The van der Waals surface area contributed by atoms with E-state index in [-0.39, 0.29) is 5.91 Å². The number of aromatic nitrogens is 1. The largest absolute Gasteiger partial charge is 0.333 e. The topological polar surface area (TPSA) is 45.2 Å². The molecule has 5 heteroatoms. The van der Waals surface area contributed by atoms with Crippen molar-refractivity contribution >= 4 is 21.8 Å². The molecule has 1 atom stereocenters. The first-order valence-electron chi connectivity index (χ1n) is 6.29. The van der Waals surface area contributed by atoms with E-state index in [1.165, 1.54) is 6.42 Å². The molecule has 2 rings (SSSR count). The van der Waals surface area contributed by atoms with Crippen LogP contribution < -0.4 is 5.32 Å². The molecule has 1 amide bonds. The molecule has 0 saturated carbocycles. The van der Waals surface area contributed by atoms with Gasteiger partial charge in [0.2, 0.25) is 0 Å². The van der Waals surface area contributed by atoms with E-state index in [0.29, 0.717) is 11.7 Å². The zero-order valence-electron chi connectivity index (χ0n) is 10.5. The van der Waals surface area contributed by atoms with Crippen molar-refractivity contribution in [2.24, 2.45) is 0 Å². The Morgan fingerprint density at radius 1 is 1.56 bits per heavy atom. The zero-order valence-corrected chi connectivity index (χ0v) is 12.1. The van der Waals surface area contributed by atoms with Crippen LogP contribution in [-0.4, -0.2) is 42.0 Å². The third-order valence-corrected chi connectivity index (χ3v) is 3.74. The number of nitrogens with one attached hydrogen (secondary N) is 1. The van der Waals surface area contributed by atoms with E-state index in [9.17, 15) is 4.79 Å². The lowest BCUT2D eigenvalue weighted by Crippen LogP contribution is -2.48. The van der Waals surface area contributed by atoms with Crippen molar-refractivity contribution in [2.75, 3.05) is 20.1 Å². The van der Waals surface area contributed by atoms with Crippen LogP contribution in [0.15, 0.2) is 22.8 Å². The third kappa shape index (κ3) is 3.09. The van der Waals surface area contributed by atoms with Crippen LogP contribution >= 0.6 is 15.9 Å². The molecule has 0 aromatic carbocycles. The van der Waals surface area contributed by atoms with Crippen LogP contribution in [0.25, 0.3) is 0 Å². The first-order valence-corrected chi connectivity index (χ1v) is 7.09. The Balaban J connectivity index is 2.12. The Bertz CT molecular complexity index is 405. The van der Waals surface area contributed by atoms with Gasteiger partial charge in [-0.15, -0.1) is 0 Å². The highest BCUT2D eigenvalue weighted by atomic mass is 79.9. The first kappa shape index (κ1) is 13.5. The minimum absolute atomic E-state index is 0.0439. The summed E-state index contributed by atoms with van der Waals surface area (Å²) in [5, 5.41) is 3.16. The molecule has 4 nitrogen and oxygen atoms in total. The zero-order chi connectivity index (χ0) is 13.0. The number of carbonyl (C=O) groups is 1. The molecule has 1 unspecified atom stereocenters. The van der Waals surface area contributed by atoms with Gasteiger partial charge in [0.05, 0.1) is 0 Å². The molecule has 1 aliphatic rings. The summed E-state index contributed by atoms with van der Waals surface area (Å²) in [4.78, 5) is 18.6. The smallest absolute Gasteiger partial charge is 0.272 e. The molecule has 1 N–H and O–H groups in total. The molecule has 1 aliphatic heterocycles. The minimum Gasteiger partial charge on any atom is -0.333 e. The molecular weight excluding hydrogens is 294 g/mol. The van der Waals surface area contributed by atoms with Crippen LogP contribution in [0, 0.1) is 0 Å². The Morgan fingerprint density at radius 3 is 3.06 bits per heavy atom. The van der Waals surface area contributed by atoms with Crippen LogP contribution in [0.5, 0.6) is 0 Å². The van der Waals surface area contributed by atoms with Crippen LogP contribution in [-0.2, 0) is 0 Å². The molecule has 18 heavy (non-hydrogen) atoms. The lowest BCUT2D eigenvalue weighted by atomic mass is 10.0. The van der Waals surface area contributed by atoms with E-state index >= 15 is 0 Å². The molecular formula is C13H18BrN3O. The average molecular weight is 312 g/mol. The van der Waals surface area contributed by atoms with Crippen LogP contribution in [0.1, 0.15) is 29.8 Å². The lowest BCUT2D eigenvalue weighted by Gasteiger charge is -2.35. The molecule has 1 saturated heterocycles. The number of nitrogens with zero attached hydrogens (tertiary/aromatic N) is 2. The molecule has 0 bridgehead atoms. The van der Waals surface area contributed by atoms with E-state index in [0.717, 1.165) is 30.4 Å². The van der Waals surface area contributed by atoms with Gasteiger partial charge in [0, 0.05) is 29.8 Å². The highest BCUT2D eigenvalue weighted by molar-refractivity contribution is 9.10. The number of carbonyl (C=O) groups excluding carboxylic acids is 1. The Labute approximate surface area is 116 Å². The van der Waals surface area contributed by atoms with E-state index < -0.39 is 0 Å². The van der Waals surface area contributed by atoms with Gasteiger partial charge in [-0.1, -0.05) is 0 Å². The molecule has 98 valence electrons. The molecule has 0 spiro atoms. The van der Waals surface area contributed by atoms with Crippen LogP contribution in [0.2, 0.25) is 0 Å². The average Bonchev–Trinajstić information content (AvgIpc) is 2.40. The van der Waals surface area contributed by atoms with Crippen molar-refractivity contribution in [3.63, 3.8) is 0 Å². The number of hydrogen-bond acceptors (Lipinski definition) is 3. The van der Waals surface area contributed by atoms with Crippen molar-refractivity contribution < 1.29 is 4.79 Å². The van der Waals surface area contributed by atoms with E-state index in [4.69, 9.17) is 0 Å². The second-order valence-electron chi connectivity index (χ2n) is 4.57.